The molecule has 2 heterocycles. The van der Waals surface area contributed by atoms with Gasteiger partial charge in [-0.15, -0.1) is 0 Å². The molecule has 2 aliphatic heterocycles. The van der Waals surface area contributed by atoms with Gasteiger partial charge in [0.05, 0.1) is 19.1 Å². The Labute approximate surface area is 148 Å². The minimum absolute atomic E-state index is 0.0360. The second-order valence-electron chi connectivity index (χ2n) is 6.91. The highest BCUT2D eigenvalue weighted by Crippen LogP contribution is 2.36. The monoisotopic (exact) mass is 345 g/mol. The molecule has 2 aliphatic rings. The van der Waals surface area contributed by atoms with E-state index in [1.807, 2.05) is 24.3 Å². The summed E-state index contributed by atoms with van der Waals surface area (Å²) >= 11 is 0. The fourth-order valence-electron chi connectivity index (χ4n) is 3.86. The maximum absolute atomic E-state index is 12.8. The number of hydrogen-bond acceptors (Lipinski definition) is 4. The fraction of sp³-hybridized carbons (Fsp3) is 0.579. The Balaban J connectivity index is 1.74. The molecule has 6 nitrogen and oxygen atoms in total. The summed E-state index contributed by atoms with van der Waals surface area (Å²) in [5.74, 6) is 0.663. The highest BCUT2D eigenvalue weighted by molar-refractivity contribution is 5.84. The number of amides is 2. The second kappa shape index (κ2) is 7.87. The molecule has 3 rings (SSSR count). The molecule has 6 heteroatoms. The van der Waals surface area contributed by atoms with Crippen molar-refractivity contribution in [1.82, 2.24) is 15.5 Å². The van der Waals surface area contributed by atoms with E-state index in [0.29, 0.717) is 25.4 Å². The van der Waals surface area contributed by atoms with Crippen molar-refractivity contribution in [3.8, 4) is 5.75 Å². The standard InChI is InChI=1S/C19H27N3O3/c1-22-17(23)10-9-16(19(24)21-12-14-4-3-11-20-14)18(22)13-5-7-15(25-2)8-6-13/h5-8,14,16,18,20H,3-4,9-12H2,1-2H3,(H,21,24). The zero-order valence-electron chi connectivity index (χ0n) is 15.0. The van der Waals surface area contributed by atoms with Gasteiger partial charge in [-0.2, -0.15) is 0 Å². The number of benzene rings is 1. The summed E-state index contributed by atoms with van der Waals surface area (Å²) in [6, 6.07) is 7.77. The van der Waals surface area contributed by atoms with Crippen molar-refractivity contribution in [2.75, 3.05) is 27.2 Å². The van der Waals surface area contributed by atoms with Crippen LogP contribution in [0.25, 0.3) is 0 Å². The number of carbonyl (C=O) groups excluding carboxylic acids is 2. The maximum Gasteiger partial charge on any atom is 0.225 e. The van der Waals surface area contributed by atoms with Crippen LogP contribution in [0.5, 0.6) is 5.75 Å². The average molecular weight is 345 g/mol. The number of methoxy groups -OCH3 is 1. The predicted molar refractivity (Wildman–Crippen MR) is 95.3 cm³/mol. The number of carbonyl (C=O) groups is 2. The molecule has 1 aromatic rings. The lowest BCUT2D eigenvalue weighted by Crippen LogP contribution is -2.48. The normalized spacial score (nSPS) is 26.6. The van der Waals surface area contributed by atoms with Crippen LogP contribution < -0.4 is 15.4 Å². The Morgan fingerprint density at radius 3 is 2.72 bits per heavy atom. The smallest absolute Gasteiger partial charge is 0.225 e. The molecule has 0 aromatic heterocycles. The molecule has 0 radical (unpaired) electrons. The summed E-state index contributed by atoms with van der Waals surface area (Å²) < 4.78 is 5.21. The molecule has 0 spiro atoms. The Hall–Kier alpha value is -2.08. The summed E-state index contributed by atoms with van der Waals surface area (Å²) in [5, 5.41) is 6.48. The summed E-state index contributed by atoms with van der Waals surface area (Å²) in [6.07, 6.45) is 3.27. The van der Waals surface area contributed by atoms with Crippen LogP contribution in [0, 0.1) is 5.92 Å². The molecular weight excluding hydrogens is 318 g/mol. The lowest BCUT2D eigenvalue weighted by molar-refractivity contribution is -0.141. The molecule has 2 N–H and O–H groups in total. The summed E-state index contributed by atoms with van der Waals surface area (Å²) in [4.78, 5) is 26.7. The Morgan fingerprint density at radius 2 is 2.08 bits per heavy atom. The van der Waals surface area contributed by atoms with Crippen LogP contribution in [0.3, 0.4) is 0 Å². The van der Waals surface area contributed by atoms with Gasteiger partial charge >= 0.3 is 0 Å². The van der Waals surface area contributed by atoms with Crippen molar-refractivity contribution in [1.29, 1.82) is 0 Å². The number of nitrogens with zero attached hydrogens (tertiary/aromatic N) is 1. The molecule has 25 heavy (non-hydrogen) atoms. The van der Waals surface area contributed by atoms with Gasteiger partial charge < -0.3 is 20.3 Å². The summed E-state index contributed by atoms with van der Waals surface area (Å²) in [7, 11) is 3.41. The van der Waals surface area contributed by atoms with Crippen molar-refractivity contribution in [2.24, 2.45) is 5.92 Å². The first-order valence-electron chi connectivity index (χ1n) is 9.01. The van der Waals surface area contributed by atoms with Crippen LogP contribution in [0.15, 0.2) is 24.3 Å². The predicted octanol–water partition coefficient (Wildman–Crippen LogP) is 1.47. The number of likely N-dealkylation sites (tertiary alicyclic amines) is 1. The maximum atomic E-state index is 12.8. The van der Waals surface area contributed by atoms with Crippen molar-refractivity contribution in [3.05, 3.63) is 29.8 Å². The van der Waals surface area contributed by atoms with Crippen molar-refractivity contribution >= 4 is 11.8 Å². The van der Waals surface area contributed by atoms with Crippen molar-refractivity contribution in [3.63, 3.8) is 0 Å². The van der Waals surface area contributed by atoms with Crippen molar-refractivity contribution < 1.29 is 14.3 Å². The molecule has 0 saturated carbocycles. The van der Waals surface area contributed by atoms with Gasteiger partial charge in [0.15, 0.2) is 0 Å². The third-order valence-corrected chi connectivity index (χ3v) is 5.34. The van der Waals surface area contributed by atoms with E-state index in [9.17, 15) is 9.59 Å². The van der Waals surface area contributed by atoms with Crippen LogP contribution in [-0.2, 0) is 9.59 Å². The lowest BCUT2D eigenvalue weighted by Gasteiger charge is -2.38. The van der Waals surface area contributed by atoms with Crippen LogP contribution in [-0.4, -0.2) is 50.0 Å². The van der Waals surface area contributed by atoms with Crippen LogP contribution in [0.4, 0.5) is 0 Å². The lowest BCUT2D eigenvalue weighted by atomic mass is 9.84. The van der Waals surface area contributed by atoms with E-state index in [-0.39, 0.29) is 23.8 Å². The minimum atomic E-state index is -0.233. The minimum Gasteiger partial charge on any atom is -0.497 e. The van der Waals surface area contributed by atoms with E-state index in [4.69, 9.17) is 4.74 Å². The first-order chi connectivity index (χ1) is 12.1. The van der Waals surface area contributed by atoms with Gasteiger partial charge in [-0.3, -0.25) is 9.59 Å². The SMILES string of the molecule is COc1ccc(C2C(C(=O)NCC3CCCN3)CCC(=O)N2C)cc1. The van der Waals surface area contributed by atoms with E-state index in [1.54, 1.807) is 19.1 Å². The number of nitrogens with one attached hydrogen (secondary N) is 2. The van der Waals surface area contributed by atoms with E-state index in [1.165, 1.54) is 0 Å². The Kier molecular flexibility index (Phi) is 5.58. The second-order valence-corrected chi connectivity index (χ2v) is 6.91. The van der Waals surface area contributed by atoms with Gasteiger partial charge in [0.1, 0.15) is 5.75 Å². The highest BCUT2D eigenvalue weighted by Gasteiger charge is 2.38. The van der Waals surface area contributed by atoms with Crippen LogP contribution in [0.2, 0.25) is 0 Å². The number of hydrogen-bond donors (Lipinski definition) is 2. The molecular formula is C19H27N3O3. The van der Waals surface area contributed by atoms with Gasteiger partial charge in [-0.05, 0) is 43.5 Å². The molecule has 3 unspecified atom stereocenters. The van der Waals surface area contributed by atoms with Gasteiger partial charge in [0, 0.05) is 26.1 Å². The average Bonchev–Trinajstić information content (AvgIpc) is 3.15. The Morgan fingerprint density at radius 1 is 1.32 bits per heavy atom. The quantitative estimate of drug-likeness (QED) is 0.848. The van der Waals surface area contributed by atoms with Gasteiger partial charge in [0.25, 0.3) is 0 Å². The fourth-order valence-corrected chi connectivity index (χ4v) is 3.86. The molecule has 0 aliphatic carbocycles. The van der Waals surface area contributed by atoms with E-state index in [0.717, 1.165) is 30.7 Å². The van der Waals surface area contributed by atoms with Gasteiger partial charge in [-0.25, -0.2) is 0 Å². The van der Waals surface area contributed by atoms with E-state index in [2.05, 4.69) is 10.6 Å². The molecule has 3 atom stereocenters. The largest absolute Gasteiger partial charge is 0.497 e. The number of ether oxygens (including phenoxy) is 1. The molecule has 2 saturated heterocycles. The van der Waals surface area contributed by atoms with Crippen LogP contribution in [0.1, 0.15) is 37.3 Å². The summed E-state index contributed by atoms with van der Waals surface area (Å²) in [6.45, 7) is 1.68. The molecule has 1 aromatic carbocycles. The molecule has 2 amide bonds. The topological polar surface area (TPSA) is 70.7 Å². The highest BCUT2D eigenvalue weighted by atomic mass is 16.5. The molecule has 0 bridgehead atoms. The summed E-state index contributed by atoms with van der Waals surface area (Å²) in [5.41, 5.74) is 0.968. The third kappa shape index (κ3) is 3.95. The number of piperidine rings is 1. The Bertz CT molecular complexity index is 611. The van der Waals surface area contributed by atoms with E-state index >= 15 is 0 Å². The first-order valence-corrected chi connectivity index (χ1v) is 9.01. The zero-order valence-corrected chi connectivity index (χ0v) is 15.0. The first kappa shape index (κ1) is 17.7. The number of rotatable bonds is 5. The van der Waals surface area contributed by atoms with Crippen molar-refractivity contribution in [2.45, 2.75) is 37.8 Å². The van der Waals surface area contributed by atoms with E-state index < -0.39 is 0 Å². The molecule has 136 valence electrons. The van der Waals surface area contributed by atoms with Gasteiger partial charge in [0.2, 0.25) is 11.8 Å². The molecule has 2 fully saturated rings. The third-order valence-electron chi connectivity index (χ3n) is 5.34. The van der Waals surface area contributed by atoms with Gasteiger partial charge in [-0.1, -0.05) is 12.1 Å². The zero-order chi connectivity index (χ0) is 17.8. The van der Waals surface area contributed by atoms with Crippen LogP contribution >= 0.6 is 0 Å².